The van der Waals surface area contributed by atoms with E-state index in [-0.39, 0.29) is 0 Å². The molecule has 3 heteroatoms. The minimum atomic E-state index is -0.745. The van der Waals surface area contributed by atoms with E-state index in [9.17, 15) is 5.11 Å². The molecule has 0 atom stereocenters. The highest BCUT2D eigenvalue weighted by atomic mass is 16.5. The third-order valence-corrected chi connectivity index (χ3v) is 6.82. The number of hydrogen-bond donors (Lipinski definition) is 1. The van der Waals surface area contributed by atoms with Gasteiger partial charge in [-0.05, 0) is 61.1 Å². The largest absolute Gasteiger partial charge is 0.457 e. The molecular formula is C27H29NO2. The van der Waals surface area contributed by atoms with Gasteiger partial charge in [0.2, 0.25) is 0 Å². The van der Waals surface area contributed by atoms with Gasteiger partial charge in [0.1, 0.15) is 11.5 Å². The standard InChI is InChI=1S/C27H29NO2/c29-27(23-11-13-25(14-12-23)30-24-9-5-2-6-10-24)17-19-28(20-18-27)21-26(15-16-26)22-7-3-1-4-8-22/h1-14,29H,15-21H2. The molecule has 1 saturated carbocycles. The Labute approximate surface area is 178 Å². The smallest absolute Gasteiger partial charge is 0.127 e. The summed E-state index contributed by atoms with van der Waals surface area (Å²) in [6.07, 6.45) is 4.11. The van der Waals surface area contributed by atoms with Crippen LogP contribution in [0.25, 0.3) is 0 Å². The van der Waals surface area contributed by atoms with Crippen molar-refractivity contribution in [1.29, 1.82) is 0 Å². The van der Waals surface area contributed by atoms with Crippen molar-refractivity contribution in [3.8, 4) is 11.5 Å². The van der Waals surface area contributed by atoms with Crippen molar-refractivity contribution in [3.63, 3.8) is 0 Å². The van der Waals surface area contributed by atoms with Gasteiger partial charge in [0.15, 0.2) is 0 Å². The van der Waals surface area contributed by atoms with E-state index in [4.69, 9.17) is 4.74 Å². The second-order valence-corrected chi connectivity index (χ2v) is 8.89. The van der Waals surface area contributed by atoms with Crippen molar-refractivity contribution in [2.75, 3.05) is 19.6 Å². The van der Waals surface area contributed by atoms with Gasteiger partial charge in [0, 0.05) is 25.0 Å². The van der Waals surface area contributed by atoms with Crippen LogP contribution in [0.1, 0.15) is 36.8 Å². The third-order valence-electron chi connectivity index (χ3n) is 6.82. The predicted molar refractivity (Wildman–Crippen MR) is 120 cm³/mol. The van der Waals surface area contributed by atoms with Crippen LogP contribution < -0.4 is 4.74 Å². The van der Waals surface area contributed by atoms with Crippen molar-refractivity contribution >= 4 is 0 Å². The fraction of sp³-hybridized carbons (Fsp3) is 0.333. The summed E-state index contributed by atoms with van der Waals surface area (Å²) in [5.41, 5.74) is 2.06. The first kappa shape index (κ1) is 19.3. The SMILES string of the molecule is OC1(c2ccc(Oc3ccccc3)cc2)CCN(CC2(c3ccccc3)CC2)CC1. The molecule has 0 spiro atoms. The fourth-order valence-electron chi connectivity index (χ4n) is 4.74. The summed E-state index contributed by atoms with van der Waals surface area (Å²) in [6.45, 7) is 2.98. The second-order valence-electron chi connectivity index (χ2n) is 8.89. The molecule has 2 aliphatic rings. The van der Waals surface area contributed by atoms with E-state index < -0.39 is 5.60 Å². The van der Waals surface area contributed by atoms with Gasteiger partial charge in [0.25, 0.3) is 0 Å². The Bertz CT molecular complexity index is 957. The maximum Gasteiger partial charge on any atom is 0.127 e. The monoisotopic (exact) mass is 399 g/mol. The van der Waals surface area contributed by atoms with E-state index >= 15 is 0 Å². The number of para-hydroxylation sites is 1. The van der Waals surface area contributed by atoms with Gasteiger partial charge in [-0.25, -0.2) is 0 Å². The lowest BCUT2D eigenvalue weighted by molar-refractivity contribution is -0.0276. The third kappa shape index (κ3) is 4.00. The summed E-state index contributed by atoms with van der Waals surface area (Å²) in [6, 6.07) is 28.7. The van der Waals surface area contributed by atoms with Crippen LogP contribution in [0.5, 0.6) is 11.5 Å². The van der Waals surface area contributed by atoms with E-state index in [1.54, 1.807) is 0 Å². The molecule has 1 saturated heterocycles. The van der Waals surface area contributed by atoms with Gasteiger partial charge >= 0.3 is 0 Å². The maximum absolute atomic E-state index is 11.3. The van der Waals surface area contributed by atoms with Gasteiger partial charge in [-0.1, -0.05) is 60.7 Å². The van der Waals surface area contributed by atoms with Gasteiger partial charge in [-0.3, -0.25) is 0 Å². The van der Waals surface area contributed by atoms with Gasteiger partial charge in [-0.15, -0.1) is 0 Å². The summed E-state index contributed by atoms with van der Waals surface area (Å²) >= 11 is 0. The number of benzene rings is 3. The number of hydrogen-bond acceptors (Lipinski definition) is 3. The molecule has 3 aromatic rings. The molecular weight excluding hydrogens is 370 g/mol. The molecule has 0 radical (unpaired) electrons. The van der Waals surface area contributed by atoms with Gasteiger partial charge < -0.3 is 14.7 Å². The van der Waals surface area contributed by atoms with E-state index in [1.807, 2.05) is 54.6 Å². The zero-order chi connectivity index (χ0) is 20.4. The maximum atomic E-state index is 11.3. The molecule has 5 rings (SSSR count). The quantitative estimate of drug-likeness (QED) is 0.595. The van der Waals surface area contributed by atoms with Crippen LogP contribution in [0.4, 0.5) is 0 Å². The van der Waals surface area contributed by atoms with Crippen molar-refractivity contribution in [2.45, 2.75) is 36.7 Å². The zero-order valence-electron chi connectivity index (χ0n) is 17.3. The first-order valence-electron chi connectivity index (χ1n) is 11.0. The number of nitrogens with zero attached hydrogens (tertiary/aromatic N) is 1. The first-order valence-corrected chi connectivity index (χ1v) is 11.0. The molecule has 0 amide bonds. The number of ether oxygens (including phenoxy) is 1. The molecule has 1 heterocycles. The lowest BCUT2D eigenvalue weighted by Gasteiger charge is -2.40. The van der Waals surface area contributed by atoms with Crippen LogP contribution in [-0.2, 0) is 11.0 Å². The highest BCUT2D eigenvalue weighted by molar-refractivity contribution is 5.35. The average molecular weight is 400 g/mol. The summed E-state index contributed by atoms with van der Waals surface area (Å²) in [4.78, 5) is 2.54. The Morgan fingerprint density at radius 1 is 0.667 bits per heavy atom. The molecule has 154 valence electrons. The number of rotatable bonds is 6. The summed E-state index contributed by atoms with van der Waals surface area (Å²) in [5.74, 6) is 1.62. The van der Waals surface area contributed by atoms with Crippen molar-refractivity contribution < 1.29 is 9.84 Å². The van der Waals surface area contributed by atoms with Crippen LogP contribution >= 0.6 is 0 Å². The zero-order valence-corrected chi connectivity index (χ0v) is 17.3. The lowest BCUT2D eigenvalue weighted by Crippen LogP contribution is -2.45. The predicted octanol–water partition coefficient (Wildman–Crippen LogP) is 5.49. The van der Waals surface area contributed by atoms with Crippen LogP contribution in [0, 0.1) is 0 Å². The summed E-state index contributed by atoms with van der Waals surface area (Å²) in [7, 11) is 0. The number of aliphatic hydroxyl groups is 1. The average Bonchev–Trinajstić information content (AvgIpc) is 3.58. The summed E-state index contributed by atoms with van der Waals surface area (Å²) < 4.78 is 5.88. The molecule has 1 N–H and O–H groups in total. The minimum Gasteiger partial charge on any atom is -0.457 e. The lowest BCUT2D eigenvalue weighted by atomic mass is 9.83. The Balaban J connectivity index is 1.20. The Morgan fingerprint density at radius 3 is 1.83 bits per heavy atom. The number of piperidine rings is 1. The van der Waals surface area contributed by atoms with Gasteiger partial charge in [0.05, 0.1) is 5.60 Å². The van der Waals surface area contributed by atoms with Crippen molar-refractivity contribution in [1.82, 2.24) is 4.90 Å². The molecule has 3 aromatic carbocycles. The Hall–Kier alpha value is -2.62. The highest BCUT2D eigenvalue weighted by Crippen LogP contribution is 2.49. The van der Waals surface area contributed by atoms with Crippen LogP contribution in [0.2, 0.25) is 0 Å². The molecule has 1 aliphatic carbocycles. The van der Waals surface area contributed by atoms with Crippen LogP contribution in [0.15, 0.2) is 84.9 Å². The fourth-order valence-corrected chi connectivity index (χ4v) is 4.74. The normalized spacial score (nSPS) is 19.9. The molecule has 2 fully saturated rings. The van der Waals surface area contributed by atoms with Crippen LogP contribution in [0.3, 0.4) is 0 Å². The first-order chi connectivity index (χ1) is 14.7. The Morgan fingerprint density at radius 2 is 1.23 bits per heavy atom. The topological polar surface area (TPSA) is 32.7 Å². The van der Waals surface area contributed by atoms with Crippen LogP contribution in [-0.4, -0.2) is 29.6 Å². The van der Waals surface area contributed by atoms with E-state index in [2.05, 4.69) is 35.2 Å². The highest BCUT2D eigenvalue weighted by Gasteiger charge is 2.46. The Kier molecular flexibility index (Phi) is 5.10. The van der Waals surface area contributed by atoms with E-state index in [0.717, 1.165) is 49.5 Å². The molecule has 1 aliphatic heterocycles. The molecule has 0 aromatic heterocycles. The summed E-state index contributed by atoms with van der Waals surface area (Å²) in [5, 5.41) is 11.3. The second kappa shape index (κ2) is 7.90. The minimum absolute atomic E-state index is 0.340. The molecule has 0 unspecified atom stereocenters. The molecule has 30 heavy (non-hydrogen) atoms. The van der Waals surface area contributed by atoms with Gasteiger partial charge in [-0.2, -0.15) is 0 Å². The van der Waals surface area contributed by atoms with E-state index in [1.165, 1.54) is 18.4 Å². The van der Waals surface area contributed by atoms with Crippen molar-refractivity contribution in [3.05, 3.63) is 96.1 Å². The molecule has 3 nitrogen and oxygen atoms in total. The number of likely N-dealkylation sites (tertiary alicyclic amines) is 1. The van der Waals surface area contributed by atoms with E-state index in [0.29, 0.717) is 5.41 Å². The van der Waals surface area contributed by atoms with Crippen molar-refractivity contribution in [2.24, 2.45) is 0 Å². The molecule has 0 bridgehead atoms.